The van der Waals surface area contributed by atoms with Crippen LogP contribution in [0.3, 0.4) is 0 Å². The van der Waals surface area contributed by atoms with Gasteiger partial charge in [0.05, 0.1) is 13.1 Å². The van der Waals surface area contributed by atoms with Crippen LogP contribution in [0, 0.1) is 0 Å². The fraction of sp³-hybridized carbons (Fsp3) is 0.583. The van der Waals surface area contributed by atoms with E-state index in [0.29, 0.717) is 26.2 Å². The van der Waals surface area contributed by atoms with Crippen LogP contribution >= 0.6 is 0 Å². The number of carbonyl (C=O) groups excluding carboxylic acids is 7. The molecule has 3 heterocycles. The van der Waals surface area contributed by atoms with Gasteiger partial charge in [0.15, 0.2) is 0 Å². The number of aliphatic carboxylic acids is 1. The van der Waals surface area contributed by atoms with E-state index in [4.69, 9.17) is 9.90 Å². The minimum atomic E-state index is -5.08. The number of carboxylic acid groups (broad SMARTS) is 1. The first-order valence-corrected chi connectivity index (χ1v) is 13.1. The molecule has 0 radical (unpaired) electrons. The van der Waals surface area contributed by atoms with Crippen LogP contribution < -0.4 is 16.0 Å². The van der Waals surface area contributed by atoms with Gasteiger partial charge in [-0.05, 0) is 6.42 Å². The Balaban J connectivity index is 0.000000821. The summed E-state index contributed by atoms with van der Waals surface area (Å²) in [6.45, 7) is 2.79. The van der Waals surface area contributed by atoms with E-state index < -0.39 is 47.6 Å². The van der Waals surface area contributed by atoms with Gasteiger partial charge in [-0.1, -0.05) is 0 Å². The maximum atomic E-state index is 12.5. The van der Waals surface area contributed by atoms with Crippen LogP contribution in [0.4, 0.5) is 13.2 Å². The zero-order valence-corrected chi connectivity index (χ0v) is 23.0. The quantitative estimate of drug-likeness (QED) is 0.0902. The first-order chi connectivity index (χ1) is 20.2. The maximum Gasteiger partial charge on any atom is 0.490 e. The van der Waals surface area contributed by atoms with E-state index in [9.17, 15) is 46.7 Å². The molecule has 19 heteroatoms. The summed E-state index contributed by atoms with van der Waals surface area (Å²) >= 11 is 0. The topological polar surface area (TPSA) is 206 Å². The van der Waals surface area contributed by atoms with Crippen molar-refractivity contribution in [1.82, 2.24) is 35.6 Å². The Bertz CT molecular complexity index is 1110. The van der Waals surface area contributed by atoms with Crippen molar-refractivity contribution >= 4 is 47.3 Å². The summed E-state index contributed by atoms with van der Waals surface area (Å²) in [5.41, 5.74) is 0. The molecule has 2 fully saturated rings. The summed E-state index contributed by atoms with van der Waals surface area (Å²) in [6, 6.07) is 0. The highest BCUT2D eigenvalue weighted by atomic mass is 19.4. The molecule has 0 aromatic rings. The maximum absolute atomic E-state index is 12.5. The van der Waals surface area contributed by atoms with E-state index in [1.807, 2.05) is 0 Å². The number of nitrogens with zero attached hydrogens (tertiary/aromatic N) is 4. The van der Waals surface area contributed by atoms with Gasteiger partial charge in [0, 0.05) is 77.5 Å². The second kappa shape index (κ2) is 16.2. The molecule has 238 valence electrons. The number of carbonyl (C=O) groups is 8. The van der Waals surface area contributed by atoms with Gasteiger partial charge in [-0.3, -0.25) is 38.5 Å². The number of amides is 7. The zero-order valence-electron chi connectivity index (χ0n) is 23.0. The van der Waals surface area contributed by atoms with E-state index in [0.717, 1.165) is 4.90 Å². The fourth-order valence-corrected chi connectivity index (χ4v) is 3.96. The number of hydrogen-bond acceptors (Lipinski definition) is 9. The van der Waals surface area contributed by atoms with Gasteiger partial charge in [-0.25, -0.2) is 4.79 Å². The molecule has 0 saturated carbocycles. The second-order valence-corrected chi connectivity index (χ2v) is 9.34. The van der Waals surface area contributed by atoms with E-state index in [-0.39, 0.29) is 64.6 Å². The van der Waals surface area contributed by atoms with Gasteiger partial charge in [-0.2, -0.15) is 13.2 Å². The Morgan fingerprint density at radius 1 is 0.767 bits per heavy atom. The molecule has 0 bridgehead atoms. The summed E-state index contributed by atoms with van der Waals surface area (Å²) in [4.78, 5) is 98.4. The molecule has 0 aliphatic carbocycles. The Labute approximate surface area is 243 Å². The van der Waals surface area contributed by atoms with Crippen molar-refractivity contribution in [3.8, 4) is 0 Å². The monoisotopic (exact) mass is 636 g/mol. The lowest BCUT2D eigenvalue weighted by Crippen LogP contribution is -2.57. The summed E-state index contributed by atoms with van der Waals surface area (Å²) in [5, 5.41) is 15.1. The molecule has 16 nitrogen and oxygen atoms in total. The molecule has 2 saturated heterocycles. The predicted molar refractivity (Wildman–Crippen MR) is 137 cm³/mol. The van der Waals surface area contributed by atoms with Crippen LogP contribution in [-0.2, 0) is 38.4 Å². The minimum absolute atomic E-state index is 0.0312. The molecule has 0 spiro atoms. The number of piperazine rings is 2. The lowest BCUT2D eigenvalue weighted by molar-refractivity contribution is -0.192. The SMILES string of the molecule is O=C(CCCN1C(=O)C=CC1=O)[15NH][13CH2][13C](=O)N[13CH2][13C](=O)[15N]1[13CH2][13CH2][15N](C(=O)C(=O)[15N]2[13CH2][13CH2][15NH][13CH2][13CH2]2)[13CH2][13CH2]1.O=C(O)C(F)(F)F. The number of imide groups is 1. The third-order valence-corrected chi connectivity index (χ3v) is 6.32. The molecule has 3 rings (SSSR count). The molecular formula is C24H32F3N7O9. The largest absolute Gasteiger partial charge is 0.490 e. The number of rotatable bonds is 8. The number of halogens is 3. The summed E-state index contributed by atoms with van der Waals surface area (Å²) < 4.78 is 31.7. The van der Waals surface area contributed by atoms with Crippen molar-refractivity contribution in [3.63, 3.8) is 0 Å². The van der Waals surface area contributed by atoms with Crippen LogP contribution in [-0.4, -0.2) is 150 Å². The Morgan fingerprint density at radius 2 is 1.23 bits per heavy atom. The van der Waals surface area contributed by atoms with Crippen molar-refractivity contribution in [2.75, 3.05) is 72.0 Å². The average Bonchev–Trinajstić information content (AvgIpc) is 3.30. The fourth-order valence-electron chi connectivity index (χ4n) is 3.96. The highest BCUT2D eigenvalue weighted by Gasteiger charge is 2.38. The van der Waals surface area contributed by atoms with Crippen LogP contribution in [0.2, 0.25) is 0 Å². The van der Waals surface area contributed by atoms with E-state index in [1.54, 1.807) is 0 Å². The van der Waals surface area contributed by atoms with Gasteiger partial charge in [0.2, 0.25) is 17.7 Å². The van der Waals surface area contributed by atoms with Crippen molar-refractivity contribution in [2.24, 2.45) is 0 Å². The smallest absolute Gasteiger partial charge is 0.475 e. The molecular weight excluding hydrogens is 604 g/mol. The molecule has 43 heavy (non-hydrogen) atoms. The molecule has 0 atom stereocenters. The van der Waals surface area contributed by atoms with E-state index in [1.165, 1.54) is 26.9 Å². The van der Waals surface area contributed by atoms with E-state index in [2.05, 4.69) is 16.0 Å². The molecule has 3 aliphatic rings. The van der Waals surface area contributed by atoms with Crippen molar-refractivity contribution in [3.05, 3.63) is 12.2 Å². The van der Waals surface area contributed by atoms with Crippen molar-refractivity contribution in [1.29, 1.82) is 0 Å². The Kier molecular flexibility index (Phi) is 13.0. The van der Waals surface area contributed by atoms with Crippen molar-refractivity contribution in [2.45, 2.75) is 19.0 Å². The summed E-state index contributed by atoms with van der Waals surface area (Å²) in [7, 11) is 0. The van der Waals surface area contributed by atoms with Crippen LogP contribution in [0.25, 0.3) is 0 Å². The first-order valence-electron chi connectivity index (χ1n) is 13.1. The molecule has 0 aromatic heterocycles. The van der Waals surface area contributed by atoms with Gasteiger partial charge in [-0.15, -0.1) is 0 Å². The zero-order chi connectivity index (χ0) is 32.2. The number of hydrogen-bond donors (Lipinski definition) is 4. The van der Waals surface area contributed by atoms with Gasteiger partial charge in [0.25, 0.3) is 11.8 Å². The predicted octanol–water partition coefficient (Wildman–Crippen LogP) is -3.34. The van der Waals surface area contributed by atoms with Crippen LogP contribution in [0.5, 0.6) is 0 Å². The Hall–Kier alpha value is -4.55. The number of nitrogens with one attached hydrogen (secondary N) is 3. The van der Waals surface area contributed by atoms with Gasteiger partial charge < -0.3 is 35.8 Å². The summed E-state index contributed by atoms with van der Waals surface area (Å²) in [5.74, 6) is -5.97. The highest BCUT2D eigenvalue weighted by Crippen LogP contribution is 2.13. The van der Waals surface area contributed by atoms with E-state index >= 15 is 0 Å². The average molecular weight is 636 g/mol. The lowest BCUT2D eigenvalue weighted by atomic mass is 10.3. The standard InChI is InChI=1S/C22H31N7O7.C2HF3O2/c30-16(2-1-7-29-18(32)3-4-19(29)33)24-14-17(31)25-15-20(34)26-10-12-28(13-11-26)22(36)21(35)27-8-5-23-6-9-27;3-2(4,5)1(6)7/h3-4,23H,1-2,5-15H2,(H,24,30)(H,25,31);(H,6,7)/i5+1,6+1,8+1,9+1,10+1,11+1,12+1,13+1,14+1,15+1,17+1,20+1,23+1,24+1,26+1,27+1,28+1;. The normalized spacial score (nSPS) is 16.8. The third-order valence-electron chi connectivity index (χ3n) is 6.32. The van der Waals surface area contributed by atoms with Gasteiger partial charge >= 0.3 is 24.0 Å². The molecule has 4 N–H and O–H groups in total. The lowest BCUT2D eigenvalue weighted by Gasteiger charge is -2.36. The molecule has 3 aliphatic heterocycles. The number of carboxylic acids is 1. The summed E-state index contributed by atoms with van der Waals surface area (Å²) in [6.07, 6.45) is -2.45. The Morgan fingerprint density at radius 3 is 1.74 bits per heavy atom. The molecule has 0 aromatic carbocycles. The minimum Gasteiger partial charge on any atom is -0.475 e. The number of alkyl halides is 3. The van der Waals surface area contributed by atoms with Crippen LogP contribution in [0.15, 0.2) is 12.2 Å². The van der Waals surface area contributed by atoms with Crippen molar-refractivity contribution < 1.29 is 56.6 Å². The first kappa shape index (κ1) is 34.7. The highest BCUT2D eigenvalue weighted by molar-refractivity contribution is 6.35. The molecule has 7 amide bonds. The second-order valence-electron chi connectivity index (χ2n) is 9.34. The molecule has 0 unspecified atom stereocenters. The third kappa shape index (κ3) is 11.3. The van der Waals surface area contributed by atoms with Crippen LogP contribution in [0.1, 0.15) is 12.8 Å². The van der Waals surface area contributed by atoms with Gasteiger partial charge in [0.1, 0.15) is 0 Å².